The van der Waals surface area contributed by atoms with Gasteiger partial charge in [-0.15, -0.1) is 0 Å². The number of nitrogens with one attached hydrogen (secondary N) is 1. The lowest BCUT2D eigenvalue weighted by atomic mass is 10.0. The maximum atomic E-state index is 6.15. The first-order valence-corrected chi connectivity index (χ1v) is 7.40. The summed E-state index contributed by atoms with van der Waals surface area (Å²) in [7, 11) is 0. The Bertz CT molecular complexity index is 595. The van der Waals surface area contributed by atoms with E-state index in [9.17, 15) is 0 Å². The van der Waals surface area contributed by atoms with Crippen LogP contribution in [0, 0.1) is 0 Å². The number of benzene rings is 2. The van der Waals surface area contributed by atoms with Crippen LogP contribution in [0.1, 0.15) is 25.5 Å². The molecule has 1 heterocycles. The molecule has 20 heavy (non-hydrogen) atoms. The number of rotatable bonds is 2. The van der Waals surface area contributed by atoms with Crippen LogP contribution in [0.15, 0.2) is 48.5 Å². The van der Waals surface area contributed by atoms with Gasteiger partial charge in [-0.05, 0) is 37.6 Å². The summed E-state index contributed by atoms with van der Waals surface area (Å²) in [4.78, 5) is 2.41. The average molecular weight is 287 g/mol. The van der Waals surface area contributed by atoms with E-state index in [2.05, 4.69) is 60.5 Å². The molecule has 2 aromatic carbocycles. The van der Waals surface area contributed by atoms with Crippen molar-refractivity contribution in [3.8, 4) is 0 Å². The fourth-order valence-corrected chi connectivity index (χ4v) is 2.92. The van der Waals surface area contributed by atoms with Crippen molar-refractivity contribution < 1.29 is 0 Å². The summed E-state index contributed by atoms with van der Waals surface area (Å²) in [5.74, 6) is 0. The van der Waals surface area contributed by atoms with Crippen molar-refractivity contribution in [1.29, 1.82) is 0 Å². The van der Waals surface area contributed by atoms with Gasteiger partial charge in [0.1, 0.15) is 0 Å². The quantitative estimate of drug-likeness (QED) is 0.859. The number of hydrogen-bond donors (Lipinski definition) is 1. The second-order valence-corrected chi connectivity index (χ2v) is 5.95. The molecule has 1 atom stereocenters. The van der Waals surface area contributed by atoms with Crippen molar-refractivity contribution in [2.24, 2.45) is 0 Å². The van der Waals surface area contributed by atoms with Crippen LogP contribution >= 0.6 is 11.6 Å². The van der Waals surface area contributed by atoms with Crippen LogP contribution in [0.4, 0.5) is 11.4 Å². The average Bonchev–Trinajstić information content (AvgIpc) is 2.47. The van der Waals surface area contributed by atoms with Gasteiger partial charge in [-0.25, -0.2) is 0 Å². The topological polar surface area (TPSA) is 15.3 Å². The van der Waals surface area contributed by atoms with Gasteiger partial charge in [0, 0.05) is 17.6 Å². The number of anilines is 2. The lowest BCUT2D eigenvalue weighted by molar-refractivity contribution is 0.617. The zero-order chi connectivity index (χ0) is 14.1. The Morgan fingerprint density at radius 1 is 1.15 bits per heavy atom. The molecular weight excluding hydrogens is 268 g/mol. The highest BCUT2D eigenvalue weighted by Crippen LogP contribution is 2.38. The van der Waals surface area contributed by atoms with Crippen molar-refractivity contribution in [2.45, 2.75) is 25.9 Å². The van der Waals surface area contributed by atoms with Gasteiger partial charge in [-0.2, -0.15) is 0 Å². The second kappa shape index (κ2) is 5.37. The highest BCUT2D eigenvalue weighted by atomic mass is 35.5. The lowest BCUT2D eigenvalue weighted by Gasteiger charge is -2.40. The predicted molar refractivity (Wildman–Crippen MR) is 86.7 cm³/mol. The molecule has 104 valence electrons. The molecule has 1 aliphatic heterocycles. The van der Waals surface area contributed by atoms with Crippen LogP contribution in [0.3, 0.4) is 0 Å². The molecule has 0 spiro atoms. The molecule has 0 aliphatic carbocycles. The molecule has 3 rings (SSSR count). The molecule has 2 aromatic rings. The maximum Gasteiger partial charge on any atom is 0.0689 e. The molecule has 0 bridgehead atoms. The summed E-state index contributed by atoms with van der Waals surface area (Å²) in [5.41, 5.74) is 3.67. The van der Waals surface area contributed by atoms with Crippen LogP contribution in [-0.4, -0.2) is 12.6 Å². The van der Waals surface area contributed by atoms with Gasteiger partial charge in [0.15, 0.2) is 0 Å². The van der Waals surface area contributed by atoms with Crippen molar-refractivity contribution in [3.05, 3.63) is 59.1 Å². The number of fused-ring (bicyclic) bond motifs is 1. The molecule has 0 fully saturated rings. The van der Waals surface area contributed by atoms with E-state index < -0.39 is 0 Å². The number of halogens is 1. The number of hydrogen-bond acceptors (Lipinski definition) is 2. The van der Waals surface area contributed by atoms with Crippen LogP contribution in [0.2, 0.25) is 5.02 Å². The number of nitrogens with zero attached hydrogens (tertiary/aromatic N) is 1. The summed E-state index contributed by atoms with van der Waals surface area (Å²) >= 11 is 6.15. The van der Waals surface area contributed by atoms with E-state index >= 15 is 0 Å². The van der Waals surface area contributed by atoms with Gasteiger partial charge in [-0.3, -0.25) is 0 Å². The Morgan fingerprint density at radius 3 is 2.60 bits per heavy atom. The van der Waals surface area contributed by atoms with E-state index in [1.54, 1.807) is 0 Å². The highest BCUT2D eigenvalue weighted by Gasteiger charge is 2.26. The molecule has 0 saturated carbocycles. The fraction of sp³-hybridized carbons (Fsp3) is 0.294. The van der Waals surface area contributed by atoms with E-state index in [0.717, 1.165) is 17.3 Å². The van der Waals surface area contributed by atoms with Gasteiger partial charge in [0.05, 0.1) is 17.4 Å². The van der Waals surface area contributed by atoms with Crippen LogP contribution in [0.25, 0.3) is 0 Å². The first kappa shape index (κ1) is 13.3. The minimum absolute atomic E-state index is 0.312. The summed E-state index contributed by atoms with van der Waals surface area (Å²) < 4.78 is 0. The zero-order valence-electron chi connectivity index (χ0n) is 11.8. The summed E-state index contributed by atoms with van der Waals surface area (Å²) in [5, 5.41) is 4.41. The lowest BCUT2D eigenvalue weighted by Crippen LogP contribution is -2.40. The smallest absolute Gasteiger partial charge is 0.0689 e. The second-order valence-electron chi connectivity index (χ2n) is 5.52. The van der Waals surface area contributed by atoms with Crippen molar-refractivity contribution in [2.75, 3.05) is 16.8 Å². The minimum Gasteiger partial charge on any atom is -0.375 e. The summed E-state index contributed by atoms with van der Waals surface area (Å²) in [6.07, 6.45) is 0. The molecule has 1 unspecified atom stereocenters. The van der Waals surface area contributed by atoms with Crippen LogP contribution in [0.5, 0.6) is 0 Å². The Morgan fingerprint density at radius 2 is 1.90 bits per heavy atom. The van der Waals surface area contributed by atoms with Gasteiger partial charge < -0.3 is 10.2 Å². The molecule has 3 heteroatoms. The Balaban J connectivity index is 1.99. The standard InChI is InChI=1S/C17H19ClN2/c1-12(2)20-11-16(13-6-4-3-5-7-13)19-15-9-8-14(18)10-17(15)20/h3-10,12,16,19H,11H2,1-2H3. The molecule has 0 radical (unpaired) electrons. The van der Waals surface area contributed by atoms with E-state index in [0.29, 0.717) is 12.1 Å². The molecule has 0 amide bonds. The van der Waals surface area contributed by atoms with Gasteiger partial charge in [0.2, 0.25) is 0 Å². The van der Waals surface area contributed by atoms with Crippen molar-refractivity contribution in [3.63, 3.8) is 0 Å². The van der Waals surface area contributed by atoms with E-state index in [-0.39, 0.29) is 0 Å². The van der Waals surface area contributed by atoms with Crippen LogP contribution in [-0.2, 0) is 0 Å². The summed E-state index contributed by atoms with van der Waals surface area (Å²) in [6, 6.07) is 17.4. The highest BCUT2D eigenvalue weighted by molar-refractivity contribution is 6.31. The minimum atomic E-state index is 0.312. The first-order valence-electron chi connectivity index (χ1n) is 7.03. The van der Waals surface area contributed by atoms with E-state index in [1.165, 1.54) is 11.3 Å². The maximum absolute atomic E-state index is 6.15. The van der Waals surface area contributed by atoms with Crippen molar-refractivity contribution >= 4 is 23.0 Å². The van der Waals surface area contributed by atoms with E-state index in [1.807, 2.05) is 12.1 Å². The predicted octanol–water partition coefficient (Wildman–Crippen LogP) is 4.72. The monoisotopic (exact) mass is 286 g/mol. The third-order valence-corrected chi connectivity index (χ3v) is 4.04. The van der Waals surface area contributed by atoms with E-state index in [4.69, 9.17) is 11.6 Å². The molecule has 0 aromatic heterocycles. The van der Waals surface area contributed by atoms with Crippen LogP contribution < -0.4 is 10.2 Å². The van der Waals surface area contributed by atoms with Gasteiger partial charge in [0.25, 0.3) is 0 Å². The summed E-state index contributed by atoms with van der Waals surface area (Å²) in [6.45, 7) is 5.39. The van der Waals surface area contributed by atoms with Gasteiger partial charge in [-0.1, -0.05) is 41.9 Å². The molecule has 2 nitrogen and oxygen atoms in total. The van der Waals surface area contributed by atoms with Crippen molar-refractivity contribution in [1.82, 2.24) is 0 Å². The Labute approximate surface area is 125 Å². The SMILES string of the molecule is CC(C)N1CC(c2ccccc2)Nc2ccc(Cl)cc21. The fourth-order valence-electron chi connectivity index (χ4n) is 2.76. The third kappa shape index (κ3) is 2.48. The molecular formula is C17H19ClN2. The Hall–Kier alpha value is -1.67. The molecule has 0 saturated heterocycles. The first-order chi connectivity index (χ1) is 9.65. The van der Waals surface area contributed by atoms with Gasteiger partial charge >= 0.3 is 0 Å². The molecule has 1 aliphatic rings. The normalized spacial score (nSPS) is 17.8. The third-order valence-electron chi connectivity index (χ3n) is 3.80. The molecule has 1 N–H and O–H groups in total. The Kier molecular flexibility index (Phi) is 3.58. The zero-order valence-corrected chi connectivity index (χ0v) is 12.6. The largest absolute Gasteiger partial charge is 0.375 e.